The number of nitrogens with one attached hydrogen (secondary N) is 1. The molecular formula is C13H11F3N2O4. The van der Waals surface area contributed by atoms with Crippen molar-refractivity contribution in [1.29, 1.82) is 0 Å². The van der Waals surface area contributed by atoms with Gasteiger partial charge in [0.15, 0.2) is 11.5 Å². The molecule has 0 bridgehead atoms. The number of carboxylic acid groups (broad SMARTS) is 1. The first kappa shape index (κ1) is 15.7. The van der Waals surface area contributed by atoms with Gasteiger partial charge < -0.3 is 14.6 Å². The Labute approximate surface area is 122 Å². The zero-order chi connectivity index (χ0) is 16.5. The highest BCUT2D eigenvalue weighted by atomic mass is 19.4. The Bertz CT molecular complexity index is 710. The number of nitrogens with zero attached hydrogens (tertiary/aromatic N) is 1. The monoisotopic (exact) mass is 316 g/mol. The number of alkyl halides is 3. The fraction of sp³-hybridized carbons (Fsp3) is 0.231. The quantitative estimate of drug-likeness (QED) is 0.906. The first-order valence-electron chi connectivity index (χ1n) is 5.90. The van der Waals surface area contributed by atoms with Gasteiger partial charge in [0.1, 0.15) is 5.69 Å². The van der Waals surface area contributed by atoms with Gasteiger partial charge in [0, 0.05) is 0 Å². The standard InChI is InChI=1S/C13H11F3N2O4/c1-21-9-4-3-6(13(14,15)16)10(11(9)22-2)7-5-8(12(19)20)18-17-7/h3-5H,1-2H3,(H,17,18)(H,19,20). The van der Waals surface area contributed by atoms with Crippen molar-refractivity contribution in [1.82, 2.24) is 10.2 Å². The van der Waals surface area contributed by atoms with Gasteiger partial charge in [0.2, 0.25) is 0 Å². The number of hydrogen-bond acceptors (Lipinski definition) is 4. The van der Waals surface area contributed by atoms with Crippen LogP contribution in [-0.2, 0) is 6.18 Å². The molecule has 0 atom stereocenters. The molecule has 0 aliphatic carbocycles. The van der Waals surface area contributed by atoms with Crippen LogP contribution in [0.3, 0.4) is 0 Å². The predicted octanol–water partition coefficient (Wildman–Crippen LogP) is 2.81. The number of ether oxygens (including phenoxy) is 2. The van der Waals surface area contributed by atoms with Crippen molar-refractivity contribution in [3.8, 4) is 22.8 Å². The second kappa shape index (κ2) is 5.58. The van der Waals surface area contributed by atoms with Gasteiger partial charge in [-0.25, -0.2) is 4.79 Å². The topological polar surface area (TPSA) is 84.4 Å². The van der Waals surface area contributed by atoms with E-state index in [2.05, 4.69) is 10.2 Å². The van der Waals surface area contributed by atoms with Crippen LogP contribution in [0, 0.1) is 0 Å². The SMILES string of the molecule is COc1ccc(C(F)(F)F)c(-c2cc(C(=O)O)[nH]n2)c1OC. The molecule has 0 amide bonds. The Morgan fingerprint density at radius 3 is 2.41 bits per heavy atom. The van der Waals surface area contributed by atoms with Crippen LogP contribution in [0.5, 0.6) is 11.5 Å². The minimum Gasteiger partial charge on any atom is -0.493 e. The Hall–Kier alpha value is -2.71. The molecule has 2 rings (SSSR count). The molecule has 0 saturated carbocycles. The van der Waals surface area contributed by atoms with Crippen LogP contribution in [0.2, 0.25) is 0 Å². The Kier molecular flexibility index (Phi) is 3.98. The normalized spacial score (nSPS) is 11.3. The lowest BCUT2D eigenvalue weighted by atomic mass is 10.0. The number of rotatable bonds is 4. The van der Waals surface area contributed by atoms with Gasteiger partial charge in [0.05, 0.1) is 31.0 Å². The van der Waals surface area contributed by atoms with E-state index in [4.69, 9.17) is 14.6 Å². The Morgan fingerprint density at radius 1 is 1.27 bits per heavy atom. The summed E-state index contributed by atoms with van der Waals surface area (Å²) < 4.78 is 49.6. The molecule has 2 aromatic rings. The number of aromatic carboxylic acids is 1. The average molecular weight is 316 g/mol. The summed E-state index contributed by atoms with van der Waals surface area (Å²) >= 11 is 0. The number of halogens is 3. The minimum absolute atomic E-state index is 0.0744. The van der Waals surface area contributed by atoms with Crippen molar-refractivity contribution < 1.29 is 32.5 Å². The highest BCUT2D eigenvalue weighted by Crippen LogP contribution is 2.45. The number of carboxylic acids is 1. The molecule has 22 heavy (non-hydrogen) atoms. The van der Waals surface area contributed by atoms with Crippen molar-refractivity contribution in [2.75, 3.05) is 14.2 Å². The highest BCUT2D eigenvalue weighted by Gasteiger charge is 2.37. The third kappa shape index (κ3) is 2.69. The van der Waals surface area contributed by atoms with Crippen LogP contribution in [0.15, 0.2) is 18.2 Å². The second-order valence-corrected chi connectivity index (χ2v) is 4.19. The highest BCUT2D eigenvalue weighted by molar-refractivity contribution is 5.88. The molecule has 0 fully saturated rings. The van der Waals surface area contributed by atoms with Crippen LogP contribution in [0.25, 0.3) is 11.3 Å². The van der Waals surface area contributed by atoms with Crippen molar-refractivity contribution in [3.05, 3.63) is 29.5 Å². The minimum atomic E-state index is -4.67. The van der Waals surface area contributed by atoms with Crippen molar-refractivity contribution in [3.63, 3.8) is 0 Å². The van der Waals surface area contributed by atoms with Gasteiger partial charge in [-0.05, 0) is 18.2 Å². The van der Waals surface area contributed by atoms with E-state index in [0.717, 1.165) is 18.2 Å². The maximum absolute atomic E-state index is 13.2. The summed E-state index contributed by atoms with van der Waals surface area (Å²) in [5.74, 6) is -1.44. The van der Waals surface area contributed by atoms with Crippen LogP contribution in [0.4, 0.5) is 13.2 Å². The second-order valence-electron chi connectivity index (χ2n) is 4.19. The number of aromatic nitrogens is 2. The molecule has 9 heteroatoms. The maximum atomic E-state index is 13.2. The smallest absolute Gasteiger partial charge is 0.417 e. The molecule has 1 heterocycles. The fourth-order valence-corrected chi connectivity index (χ4v) is 1.98. The summed E-state index contributed by atoms with van der Waals surface area (Å²) in [6, 6.07) is 2.94. The lowest BCUT2D eigenvalue weighted by Crippen LogP contribution is -2.09. The molecule has 1 aromatic carbocycles. The van der Waals surface area contributed by atoms with Gasteiger partial charge in [-0.15, -0.1) is 0 Å². The maximum Gasteiger partial charge on any atom is 0.417 e. The molecule has 118 valence electrons. The molecule has 1 aromatic heterocycles. The lowest BCUT2D eigenvalue weighted by Gasteiger charge is -2.17. The van der Waals surface area contributed by atoms with E-state index in [1.54, 1.807) is 0 Å². The van der Waals surface area contributed by atoms with Crippen LogP contribution in [-0.4, -0.2) is 35.5 Å². The lowest BCUT2D eigenvalue weighted by molar-refractivity contribution is -0.137. The number of hydrogen-bond donors (Lipinski definition) is 2. The Morgan fingerprint density at radius 2 is 1.95 bits per heavy atom. The first-order chi connectivity index (χ1) is 10.3. The molecular weight excluding hydrogens is 305 g/mol. The summed E-state index contributed by atoms with van der Waals surface area (Å²) in [7, 11) is 2.47. The van der Waals surface area contributed by atoms with E-state index in [9.17, 15) is 18.0 Å². The van der Waals surface area contributed by atoms with E-state index < -0.39 is 23.3 Å². The number of carbonyl (C=O) groups is 1. The van der Waals surface area contributed by atoms with E-state index >= 15 is 0 Å². The van der Waals surface area contributed by atoms with Crippen LogP contribution in [0.1, 0.15) is 16.1 Å². The third-order valence-corrected chi connectivity index (χ3v) is 2.92. The molecule has 0 spiro atoms. The summed E-state index contributed by atoms with van der Waals surface area (Å²) in [5, 5.41) is 14.6. The summed E-state index contributed by atoms with van der Waals surface area (Å²) in [5.41, 5.74) is -1.94. The van der Waals surface area contributed by atoms with Crippen LogP contribution >= 0.6 is 0 Å². The number of benzene rings is 1. The number of H-pyrrole nitrogens is 1. The molecule has 0 radical (unpaired) electrons. The van der Waals surface area contributed by atoms with Crippen molar-refractivity contribution in [2.24, 2.45) is 0 Å². The van der Waals surface area contributed by atoms with Gasteiger partial charge in [-0.3, -0.25) is 5.10 Å². The third-order valence-electron chi connectivity index (χ3n) is 2.92. The van der Waals surface area contributed by atoms with Gasteiger partial charge in [-0.2, -0.15) is 18.3 Å². The number of aromatic amines is 1. The largest absolute Gasteiger partial charge is 0.493 e. The molecule has 6 nitrogen and oxygen atoms in total. The first-order valence-corrected chi connectivity index (χ1v) is 5.90. The van der Waals surface area contributed by atoms with E-state index in [1.807, 2.05) is 0 Å². The zero-order valence-corrected chi connectivity index (χ0v) is 11.5. The van der Waals surface area contributed by atoms with Crippen molar-refractivity contribution in [2.45, 2.75) is 6.18 Å². The molecule has 2 N–H and O–H groups in total. The Balaban J connectivity index is 2.76. The van der Waals surface area contributed by atoms with Crippen LogP contribution < -0.4 is 9.47 Å². The summed E-state index contributed by atoms with van der Waals surface area (Å²) in [4.78, 5) is 10.9. The molecule has 0 aliphatic rings. The summed E-state index contributed by atoms with van der Waals surface area (Å²) in [6.07, 6.45) is -4.67. The molecule has 0 aliphatic heterocycles. The van der Waals surface area contributed by atoms with E-state index in [0.29, 0.717) is 0 Å². The zero-order valence-electron chi connectivity index (χ0n) is 11.5. The van der Waals surface area contributed by atoms with E-state index in [-0.39, 0.29) is 22.9 Å². The summed E-state index contributed by atoms with van der Waals surface area (Å²) in [6.45, 7) is 0. The van der Waals surface area contributed by atoms with E-state index in [1.165, 1.54) is 14.2 Å². The van der Waals surface area contributed by atoms with Gasteiger partial charge >= 0.3 is 12.1 Å². The van der Waals surface area contributed by atoms with Gasteiger partial charge in [0.25, 0.3) is 0 Å². The molecule has 0 saturated heterocycles. The average Bonchev–Trinajstić information content (AvgIpc) is 2.94. The van der Waals surface area contributed by atoms with Crippen molar-refractivity contribution >= 4 is 5.97 Å². The molecule has 0 unspecified atom stereocenters. The predicted molar refractivity (Wildman–Crippen MR) is 69.1 cm³/mol. The number of methoxy groups -OCH3 is 2. The van der Waals surface area contributed by atoms with Gasteiger partial charge in [-0.1, -0.05) is 0 Å². The fourth-order valence-electron chi connectivity index (χ4n) is 1.98.